The molecule has 0 saturated carbocycles. The first kappa shape index (κ1) is 21.5. The Morgan fingerprint density at radius 3 is 2.79 bits per heavy atom. The molecule has 2 N–H and O–H groups in total. The van der Waals surface area contributed by atoms with E-state index in [9.17, 15) is 19.5 Å². The van der Waals surface area contributed by atoms with Gasteiger partial charge in [0.25, 0.3) is 0 Å². The molecule has 2 amide bonds. The first-order valence-electron chi connectivity index (χ1n) is 10.0. The Bertz CT molecular complexity index is 646. The van der Waals surface area contributed by atoms with Crippen LogP contribution in [0.4, 0.5) is 0 Å². The van der Waals surface area contributed by atoms with Gasteiger partial charge in [-0.25, -0.2) is 0 Å². The molecule has 9 heteroatoms. The van der Waals surface area contributed by atoms with Crippen LogP contribution in [-0.2, 0) is 23.9 Å². The molecule has 3 saturated heterocycles. The molecular formula is C19H29BrN2O6. The number of carbonyl (C=O) groups excluding carboxylic acids is 3. The van der Waals surface area contributed by atoms with Gasteiger partial charge in [0.15, 0.2) is 0 Å². The van der Waals surface area contributed by atoms with Gasteiger partial charge in [0, 0.05) is 11.4 Å². The van der Waals surface area contributed by atoms with Gasteiger partial charge in [-0.05, 0) is 26.7 Å². The summed E-state index contributed by atoms with van der Waals surface area (Å²) >= 11 is 3.58. The number of aliphatic hydroxyl groups is 1. The highest BCUT2D eigenvalue weighted by molar-refractivity contribution is 9.09. The first-order chi connectivity index (χ1) is 13.3. The fourth-order valence-electron chi connectivity index (χ4n) is 4.92. The minimum Gasteiger partial charge on any atom is -0.466 e. The van der Waals surface area contributed by atoms with E-state index >= 15 is 0 Å². The number of fused-ring (bicyclic) bond motifs is 1. The highest BCUT2D eigenvalue weighted by Gasteiger charge is 2.77. The molecular weight excluding hydrogens is 432 g/mol. The summed E-state index contributed by atoms with van der Waals surface area (Å²) in [6.07, 6.45) is 1.70. The minimum atomic E-state index is -1.09. The summed E-state index contributed by atoms with van der Waals surface area (Å²) in [6, 6.07) is -1.44. The molecule has 3 rings (SSSR count). The number of nitrogens with one attached hydrogen (secondary N) is 1. The van der Waals surface area contributed by atoms with Gasteiger partial charge in [0.05, 0.1) is 37.2 Å². The van der Waals surface area contributed by atoms with E-state index in [1.165, 1.54) is 4.90 Å². The monoisotopic (exact) mass is 460 g/mol. The van der Waals surface area contributed by atoms with Gasteiger partial charge in [0.1, 0.15) is 11.6 Å². The maximum Gasteiger partial charge on any atom is 0.312 e. The second-order valence-electron chi connectivity index (χ2n) is 7.84. The van der Waals surface area contributed by atoms with Crippen molar-refractivity contribution in [3.8, 4) is 0 Å². The molecule has 8 nitrogen and oxygen atoms in total. The molecule has 3 unspecified atom stereocenters. The summed E-state index contributed by atoms with van der Waals surface area (Å²) in [7, 11) is 0. The van der Waals surface area contributed by atoms with Crippen molar-refractivity contribution in [2.24, 2.45) is 11.8 Å². The van der Waals surface area contributed by atoms with Crippen molar-refractivity contribution in [1.29, 1.82) is 0 Å². The third-order valence-electron chi connectivity index (χ3n) is 6.10. The number of halogens is 1. The van der Waals surface area contributed by atoms with Crippen molar-refractivity contribution < 1.29 is 29.0 Å². The van der Waals surface area contributed by atoms with Gasteiger partial charge >= 0.3 is 5.97 Å². The van der Waals surface area contributed by atoms with E-state index < -0.39 is 41.6 Å². The van der Waals surface area contributed by atoms with Crippen LogP contribution in [-0.4, -0.2) is 76.2 Å². The number of nitrogens with zero attached hydrogens (tertiary/aromatic N) is 1. The number of ether oxygens (including phenoxy) is 2. The molecule has 2 bridgehead atoms. The zero-order valence-electron chi connectivity index (χ0n) is 16.5. The second-order valence-corrected chi connectivity index (χ2v) is 9.01. The molecule has 3 aliphatic rings. The number of alkyl halides is 1. The van der Waals surface area contributed by atoms with Crippen molar-refractivity contribution in [1.82, 2.24) is 10.2 Å². The SMILES string of the molecule is CCCCNC(=O)C1N([C@H](C)CO)C(=O)[C@@H]2[C@H](C(=O)OCC)[C@H]3OC12CC3Br. The van der Waals surface area contributed by atoms with Gasteiger partial charge in [-0.15, -0.1) is 0 Å². The lowest BCUT2D eigenvalue weighted by Gasteiger charge is -2.35. The van der Waals surface area contributed by atoms with Crippen molar-refractivity contribution in [3.05, 3.63) is 0 Å². The van der Waals surface area contributed by atoms with E-state index in [0.29, 0.717) is 13.0 Å². The third-order valence-corrected chi connectivity index (χ3v) is 6.95. The second kappa shape index (κ2) is 8.28. The van der Waals surface area contributed by atoms with Gasteiger partial charge in [-0.2, -0.15) is 0 Å². The highest BCUT2D eigenvalue weighted by atomic mass is 79.9. The summed E-state index contributed by atoms with van der Waals surface area (Å²) in [6.45, 7) is 5.87. The molecule has 7 atom stereocenters. The standard InChI is InChI=1S/C19H29BrN2O6/c1-4-6-7-21-16(24)15-19-8-11(20)14(28-19)12(18(26)27-5-2)13(19)17(25)22(15)10(3)9-23/h10-15,23H,4-9H2,1-3H3,(H,21,24)/t10-,11?,12+,13+,14+,15?,19?/m1/s1. The number of esters is 1. The maximum absolute atomic E-state index is 13.4. The summed E-state index contributed by atoms with van der Waals surface area (Å²) in [5.74, 6) is -2.62. The maximum atomic E-state index is 13.4. The van der Waals surface area contributed by atoms with Crippen molar-refractivity contribution in [3.63, 3.8) is 0 Å². The van der Waals surface area contributed by atoms with Crippen LogP contribution in [0.25, 0.3) is 0 Å². The molecule has 0 aliphatic carbocycles. The van der Waals surface area contributed by atoms with Gasteiger partial charge in [-0.1, -0.05) is 29.3 Å². The van der Waals surface area contributed by atoms with Crippen LogP contribution in [0.3, 0.4) is 0 Å². The van der Waals surface area contributed by atoms with Gasteiger partial charge < -0.3 is 24.8 Å². The van der Waals surface area contributed by atoms with Crippen LogP contribution in [0.2, 0.25) is 0 Å². The predicted octanol–water partition coefficient (Wildman–Crippen LogP) is 0.595. The number of hydrogen-bond donors (Lipinski definition) is 2. The Morgan fingerprint density at radius 1 is 1.46 bits per heavy atom. The predicted molar refractivity (Wildman–Crippen MR) is 104 cm³/mol. The van der Waals surface area contributed by atoms with E-state index in [0.717, 1.165) is 12.8 Å². The van der Waals surface area contributed by atoms with Crippen LogP contribution < -0.4 is 5.32 Å². The smallest absolute Gasteiger partial charge is 0.312 e. The highest BCUT2D eigenvalue weighted by Crippen LogP contribution is 2.60. The molecule has 158 valence electrons. The van der Waals surface area contributed by atoms with E-state index in [2.05, 4.69) is 21.2 Å². The minimum absolute atomic E-state index is 0.152. The van der Waals surface area contributed by atoms with Crippen LogP contribution >= 0.6 is 15.9 Å². The zero-order valence-corrected chi connectivity index (χ0v) is 18.1. The van der Waals surface area contributed by atoms with Crippen LogP contribution in [0.5, 0.6) is 0 Å². The molecule has 1 spiro atoms. The summed E-state index contributed by atoms with van der Waals surface area (Å²) in [5.41, 5.74) is -1.09. The van der Waals surface area contributed by atoms with Gasteiger partial charge in [-0.3, -0.25) is 14.4 Å². The fraction of sp³-hybridized carbons (Fsp3) is 0.842. The third kappa shape index (κ3) is 3.15. The average Bonchev–Trinajstić information content (AvgIpc) is 3.25. The fourth-order valence-corrected chi connectivity index (χ4v) is 5.86. The lowest BCUT2D eigenvalue weighted by Crippen LogP contribution is -2.57. The van der Waals surface area contributed by atoms with Crippen molar-refractivity contribution >= 4 is 33.7 Å². The lowest BCUT2D eigenvalue weighted by atomic mass is 9.70. The van der Waals surface area contributed by atoms with Crippen LogP contribution in [0.1, 0.15) is 40.0 Å². The topological polar surface area (TPSA) is 105 Å². The Balaban J connectivity index is 1.99. The van der Waals surface area contributed by atoms with E-state index in [1.54, 1.807) is 13.8 Å². The van der Waals surface area contributed by atoms with Gasteiger partial charge in [0.2, 0.25) is 11.8 Å². The molecule has 3 heterocycles. The molecule has 0 aromatic heterocycles. The number of hydrogen-bond acceptors (Lipinski definition) is 6. The Hall–Kier alpha value is -1.19. The normalized spacial score (nSPS) is 37.1. The number of likely N-dealkylation sites (tertiary alicyclic amines) is 1. The largest absolute Gasteiger partial charge is 0.466 e. The van der Waals surface area contributed by atoms with Crippen molar-refractivity contribution in [2.75, 3.05) is 19.8 Å². The lowest BCUT2D eigenvalue weighted by molar-refractivity contribution is -0.155. The van der Waals surface area contributed by atoms with Crippen LogP contribution in [0.15, 0.2) is 0 Å². The molecule has 0 aromatic rings. The van der Waals surface area contributed by atoms with E-state index in [-0.39, 0.29) is 29.9 Å². The number of rotatable bonds is 8. The molecule has 28 heavy (non-hydrogen) atoms. The Kier molecular flexibility index (Phi) is 6.36. The molecule has 0 radical (unpaired) electrons. The molecule has 3 aliphatic heterocycles. The van der Waals surface area contributed by atoms with Crippen molar-refractivity contribution in [2.45, 2.75) is 68.6 Å². The number of aliphatic hydroxyl groups excluding tert-OH is 1. The first-order valence-corrected chi connectivity index (χ1v) is 10.9. The Morgan fingerprint density at radius 2 is 2.18 bits per heavy atom. The number of unbranched alkanes of at least 4 members (excludes halogenated alkanes) is 1. The summed E-state index contributed by atoms with van der Waals surface area (Å²) < 4.78 is 11.5. The Labute approximate surface area is 173 Å². The number of carbonyl (C=O) groups is 3. The summed E-state index contributed by atoms with van der Waals surface area (Å²) in [5, 5.41) is 12.6. The van der Waals surface area contributed by atoms with E-state index in [1.807, 2.05) is 6.92 Å². The zero-order chi connectivity index (χ0) is 20.6. The van der Waals surface area contributed by atoms with Crippen LogP contribution in [0, 0.1) is 11.8 Å². The average molecular weight is 461 g/mol. The summed E-state index contributed by atoms with van der Waals surface area (Å²) in [4.78, 5) is 40.4. The number of amides is 2. The van der Waals surface area contributed by atoms with E-state index in [4.69, 9.17) is 9.47 Å². The molecule has 0 aromatic carbocycles. The quantitative estimate of drug-likeness (QED) is 0.312. The molecule has 3 fully saturated rings.